The fourth-order valence-electron chi connectivity index (χ4n) is 3.11. The molecule has 0 aliphatic carbocycles. The first-order valence-corrected chi connectivity index (χ1v) is 9.99. The molecule has 2 amide bonds. The van der Waals surface area contributed by atoms with Crippen molar-refractivity contribution in [2.75, 3.05) is 30.3 Å². The maximum absolute atomic E-state index is 12.7. The van der Waals surface area contributed by atoms with Crippen molar-refractivity contribution < 1.29 is 9.59 Å². The first-order valence-electron chi connectivity index (χ1n) is 9.20. The molecule has 0 unspecified atom stereocenters. The van der Waals surface area contributed by atoms with Crippen molar-refractivity contribution >= 4 is 39.1 Å². The van der Waals surface area contributed by atoms with Crippen LogP contribution in [0.25, 0.3) is 0 Å². The van der Waals surface area contributed by atoms with Crippen LogP contribution in [-0.2, 0) is 4.79 Å². The molecule has 0 radical (unpaired) electrons. The zero-order valence-corrected chi connectivity index (χ0v) is 17.0. The van der Waals surface area contributed by atoms with E-state index in [-0.39, 0.29) is 18.4 Å². The number of likely N-dealkylation sites (tertiary alicyclic amines) is 1. The molecule has 1 aliphatic rings. The van der Waals surface area contributed by atoms with Gasteiger partial charge in [-0.2, -0.15) is 0 Å². The van der Waals surface area contributed by atoms with Gasteiger partial charge in [-0.15, -0.1) is 0 Å². The maximum Gasteiger partial charge on any atom is 0.253 e. The zero-order chi connectivity index (χ0) is 19.2. The Morgan fingerprint density at radius 1 is 1.07 bits per heavy atom. The average molecular weight is 430 g/mol. The fraction of sp³-hybridized carbons (Fsp3) is 0.333. The van der Waals surface area contributed by atoms with Gasteiger partial charge >= 0.3 is 0 Å². The van der Waals surface area contributed by atoms with E-state index in [0.717, 1.165) is 41.8 Å². The lowest BCUT2D eigenvalue weighted by Gasteiger charge is -2.30. The smallest absolute Gasteiger partial charge is 0.253 e. The molecular formula is C21H24BrN3O2. The lowest BCUT2D eigenvalue weighted by atomic mass is 9.98. The van der Waals surface area contributed by atoms with E-state index < -0.39 is 0 Å². The molecular weight excluding hydrogens is 406 g/mol. The summed E-state index contributed by atoms with van der Waals surface area (Å²) in [5.74, 6) is 0.602. The predicted octanol–water partition coefficient (Wildman–Crippen LogP) is 4.37. The number of anilines is 2. The van der Waals surface area contributed by atoms with Crippen molar-refractivity contribution in [3.05, 3.63) is 58.6 Å². The molecule has 3 rings (SSSR count). The number of carbonyl (C=O) groups is 2. The van der Waals surface area contributed by atoms with Crippen LogP contribution in [0.15, 0.2) is 53.0 Å². The molecule has 2 N–H and O–H groups in total. The number of halogens is 1. The molecule has 2 aromatic rings. The van der Waals surface area contributed by atoms with Crippen molar-refractivity contribution in [3.63, 3.8) is 0 Å². The van der Waals surface area contributed by atoms with E-state index in [4.69, 9.17) is 0 Å². The third-order valence-electron chi connectivity index (χ3n) is 4.74. The molecule has 1 heterocycles. The van der Waals surface area contributed by atoms with E-state index in [1.807, 2.05) is 53.4 Å². The van der Waals surface area contributed by atoms with Crippen LogP contribution < -0.4 is 10.6 Å². The summed E-state index contributed by atoms with van der Waals surface area (Å²) in [7, 11) is 0. The molecule has 0 saturated carbocycles. The minimum atomic E-state index is -0.144. The summed E-state index contributed by atoms with van der Waals surface area (Å²) in [6.45, 7) is 3.98. The van der Waals surface area contributed by atoms with Gasteiger partial charge in [0.1, 0.15) is 0 Å². The van der Waals surface area contributed by atoms with Crippen molar-refractivity contribution in [1.29, 1.82) is 0 Å². The van der Waals surface area contributed by atoms with Crippen molar-refractivity contribution in [2.24, 2.45) is 5.92 Å². The highest BCUT2D eigenvalue weighted by Gasteiger charge is 2.21. The lowest BCUT2D eigenvalue weighted by molar-refractivity contribution is -0.114. The topological polar surface area (TPSA) is 61.4 Å². The molecule has 0 atom stereocenters. The van der Waals surface area contributed by atoms with Crippen LogP contribution in [0.2, 0.25) is 0 Å². The summed E-state index contributed by atoms with van der Waals surface area (Å²) in [6, 6.07) is 14.8. The number of benzene rings is 2. The Morgan fingerprint density at radius 2 is 1.78 bits per heavy atom. The lowest BCUT2D eigenvalue weighted by Crippen LogP contribution is -2.37. The molecule has 6 heteroatoms. The van der Waals surface area contributed by atoms with E-state index in [0.29, 0.717) is 11.5 Å². The van der Waals surface area contributed by atoms with E-state index in [1.165, 1.54) is 0 Å². The average Bonchev–Trinajstić information content (AvgIpc) is 2.67. The second-order valence-corrected chi connectivity index (χ2v) is 7.88. The SMILES string of the molecule is CC1CCN(C(=O)c2cccc(NCC(=O)Nc3cccc(Br)c3)c2)CC1. The second-order valence-electron chi connectivity index (χ2n) is 6.97. The van der Waals surface area contributed by atoms with Crippen molar-refractivity contribution in [2.45, 2.75) is 19.8 Å². The number of rotatable bonds is 5. The summed E-state index contributed by atoms with van der Waals surface area (Å²) in [5.41, 5.74) is 2.15. The Hall–Kier alpha value is -2.34. The van der Waals surface area contributed by atoms with Crippen LogP contribution in [0.1, 0.15) is 30.1 Å². The molecule has 2 aromatic carbocycles. The highest BCUT2D eigenvalue weighted by molar-refractivity contribution is 9.10. The Labute approximate surface area is 168 Å². The highest BCUT2D eigenvalue weighted by Crippen LogP contribution is 2.20. The van der Waals surface area contributed by atoms with Crippen LogP contribution in [0, 0.1) is 5.92 Å². The molecule has 0 aromatic heterocycles. The van der Waals surface area contributed by atoms with Crippen molar-refractivity contribution in [1.82, 2.24) is 4.90 Å². The normalized spacial score (nSPS) is 14.7. The molecule has 1 saturated heterocycles. The summed E-state index contributed by atoms with van der Waals surface area (Å²) in [5, 5.41) is 5.93. The van der Waals surface area contributed by atoms with Gasteiger partial charge in [-0.3, -0.25) is 9.59 Å². The summed E-state index contributed by atoms with van der Waals surface area (Å²) >= 11 is 3.38. The fourth-order valence-corrected chi connectivity index (χ4v) is 3.51. The van der Waals surface area contributed by atoms with E-state index in [2.05, 4.69) is 33.5 Å². The summed E-state index contributed by atoms with van der Waals surface area (Å²) in [6.07, 6.45) is 2.11. The van der Waals surface area contributed by atoms with E-state index >= 15 is 0 Å². The minimum Gasteiger partial charge on any atom is -0.376 e. The largest absolute Gasteiger partial charge is 0.376 e. The van der Waals surface area contributed by atoms with Gasteiger partial charge in [0.05, 0.1) is 6.54 Å². The quantitative estimate of drug-likeness (QED) is 0.741. The Bertz CT molecular complexity index is 817. The second kappa shape index (κ2) is 9.04. The first-order chi connectivity index (χ1) is 13.0. The van der Waals surface area contributed by atoms with Crippen LogP contribution in [-0.4, -0.2) is 36.3 Å². The third kappa shape index (κ3) is 5.57. The van der Waals surface area contributed by atoms with Crippen LogP contribution in [0.3, 0.4) is 0 Å². The molecule has 5 nitrogen and oxygen atoms in total. The van der Waals surface area contributed by atoms with E-state index in [1.54, 1.807) is 0 Å². The zero-order valence-electron chi connectivity index (χ0n) is 15.4. The van der Waals surface area contributed by atoms with Crippen molar-refractivity contribution in [3.8, 4) is 0 Å². The van der Waals surface area contributed by atoms with Gasteiger partial charge in [0.15, 0.2) is 0 Å². The van der Waals surface area contributed by atoms with Crippen LogP contribution in [0.4, 0.5) is 11.4 Å². The number of amides is 2. The Balaban J connectivity index is 1.55. The number of piperidine rings is 1. The molecule has 1 fully saturated rings. The van der Waals surface area contributed by atoms with Gasteiger partial charge in [0.25, 0.3) is 5.91 Å². The van der Waals surface area contributed by atoms with Crippen LogP contribution >= 0.6 is 15.9 Å². The molecule has 0 spiro atoms. The molecule has 1 aliphatic heterocycles. The summed E-state index contributed by atoms with van der Waals surface area (Å²) in [4.78, 5) is 26.7. The van der Waals surface area contributed by atoms with Gasteiger partial charge < -0.3 is 15.5 Å². The minimum absolute atomic E-state index is 0.0594. The number of carbonyl (C=O) groups excluding carboxylic acids is 2. The Kier molecular flexibility index (Phi) is 6.50. The monoisotopic (exact) mass is 429 g/mol. The third-order valence-corrected chi connectivity index (χ3v) is 5.24. The molecule has 0 bridgehead atoms. The summed E-state index contributed by atoms with van der Waals surface area (Å²) < 4.78 is 0.909. The number of hydrogen-bond acceptors (Lipinski definition) is 3. The maximum atomic E-state index is 12.7. The highest BCUT2D eigenvalue weighted by atomic mass is 79.9. The number of nitrogens with zero attached hydrogens (tertiary/aromatic N) is 1. The van der Waals surface area contributed by atoms with Gasteiger partial charge in [0.2, 0.25) is 5.91 Å². The Morgan fingerprint density at radius 3 is 2.52 bits per heavy atom. The van der Waals surface area contributed by atoms with E-state index in [9.17, 15) is 9.59 Å². The van der Waals surface area contributed by atoms with Gasteiger partial charge in [-0.05, 0) is 55.2 Å². The van der Waals surface area contributed by atoms with Crippen LogP contribution in [0.5, 0.6) is 0 Å². The number of hydrogen-bond donors (Lipinski definition) is 2. The predicted molar refractivity (Wildman–Crippen MR) is 112 cm³/mol. The molecule has 142 valence electrons. The van der Waals surface area contributed by atoms with Gasteiger partial charge in [-0.25, -0.2) is 0 Å². The van der Waals surface area contributed by atoms with Gasteiger partial charge in [-0.1, -0.05) is 35.0 Å². The number of nitrogens with one attached hydrogen (secondary N) is 2. The standard InChI is InChI=1S/C21H24BrN3O2/c1-15-8-10-25(11-9-15)21(27)16-4-2-6-18(12-16)23-14-20(26)24-19-7-3-5-17(22)13-19/h2-7,12-13,15,23H,8-11,14H2,1H3,(H,24,26). The molecule has 27 heavy (non-hydrogen) atoms. The van der Waals surface area contributed by atoms with Gasteiger partial charge in [0, 0.05) is 34.5 Å². The first kappa shape index (κ1) is 19.4.